The molecule has 0 spiro atoms. The average Bonchev–Trinajstić information content (AvgIpc) is 2.65. The number of hydrogen-bond acceptors (Lipinski definition) is 5. The molecule has 1 N–H and O–H groups in total. The molecule has 7 nitrogen and oxygen atoms in total. The Bertz CT molecular complexity index is 633. The van der Waals surface area contributed by atoms with Crippen LogP contribution in [-0.2, 0) is 9.59 Å². The van der Waals surface area contributed by atoms with Gasteiger partial charge in [-0.15, -0.1) is 0 Å². The van der Waals surface area contributed by atoms with E-state index in [1.807, 2.05) is 18.2 Å². The first-order valence-electron chi connectivity index (χ1n) is 8.31. The Morgan fingerprint density at radius 1 is 1.28 bits per heavy atom. The Labute approximate surface area is 147 Å². The van der Waals surface area contributed by atoms with Crippen LogP contribution in [0.3, 0.4) is 0 Å². The average molecular weight is 345 g/mol. The fourth-order valence-electron chi connectivity index (χ4n) is 2.76. The van der Waals surface area contributed by atoms with Crippen LogP contribution in [0.25, 0.3) is 0 Å². The number of methoxy groups -OCH3 is 1. The van der Waals surface area contributed by atoms with Crippen molar-refractivity contribution in [2.45, 2.75) is 19.3 Å². The van der Waals surface area contributed by atoms with Gasteiger partial charge in [0.2, 0.25) is 5.91 Å². The van der Waals surface area contributed by atoms with Gasteiger partial charge in [-0.25, -0.2) is 0 Å². The number of para-hydroxylation sites is 2. The van der Waals surface area contributed by atoms with Gasteiger partial charge in [-0.1, -0.05) is 12.1 Å². The van der Waals surface area contributed by atoms with Crippen LogP contribution >= 0.6 is 0 Å². The number of nitrogens with one attached hydrogen (secondary N) is 1. The van der Waals surface area contributed by atoms with Gasteiger partial charge in [0.15, 0.2) is 18.1 Å². The zero-order chi connectivity index (χ0) is 18.1. The zero-order valence-electron chi connectivity index (χ0n) is 14.4. The third-order valence-corrected chi connectivity index (χ3v) is 4.21. The van der Waals surface area contributed by atoms with Gasteiger partial charge in [0.1, 0.15) is 6.42 Å². The van der Waals surface area contributed by atoms with Crippen molar-refractivity contribution in [3.63, 3.8) is 0 Å². The number of carbonyl (C=O) groups is 2. The van der Waals surface area contributed by atoms with E-state index in [2.05, 4.69) is 5.32 Å². The first kappa shape index (κ1) is 18.6. The molecule has 0 aromatic heterocycles. The van der Waals surface area contributed by atoms with Gasteiger partial charge in [-0.2, -0.15) is 5.26 Å². The first-order valence-corrected chi connectivity index (χ1v) is 8.31. The summed E-state index contributed by atoms with van der Waals surface area (Å²) in [6.07, 6.45) is 1.58. The lowest BCUT2D eigenvalue weighted by Gasteiger charge is -2.31. The fourth-order valence-corrected chi connectivity index (χ4v) is 2.76. The Hall–Kier alpha value is -2.75. The Kier molecular flexibility index (Phi) is 7.08. The van der Waals surface area contributed by atoms with Gasteiger partial charge in [-0.3, -0.25) is 9.59 Å². The third kappa shape index (κ3) is 5.68. The predicted octanol–water partition coefficient (Wildman–Crippen LogP) is 1.34. The number of rotatable bonds is 7. The Balaban J connectivity index is 1.67. The van der Waals surface area contributed by atoms with Crippen LogP contribution in [0.5, 0.6) is 11.5 Å². The molecule has 2 rings (SSSR count). The van der Waals surface area contributed by atoms with Gasteiger partial charge >= 0.3 is 0 Å². The van der Waals surface area contributed by atoms with E-state index in [9.17, 15) is 9.59 Å². The van der Waals surface area contributed by atoms with Crippen molar-refractivity contribution in [2.24, 2.45) is 5.92 Å². The van der Waals surface area contributed by atoms with E-state index in [0.29, 0.717) is 37.1 Å². The minimum absolute atomic E-state index is 0.0678. The molecule has 0 aliphatic carbocycles. The second kappa shape index (κ2) is 9.52. The smallest absolute Gasteiger partial charge is 0.257 e. The maximum Gasteiger partial charge on any atom is 0.257 e. The lowest BCUT2D eigenvalue weighted by Crippen LogP contribution is -2.42. The molecule has 0 atom stereocenters. The summed E-state index contributed by atoms with van der Waals surface area (Å²) >= 11 is 0. The fraction of sp³-hybridized carbons (Fsp3) is 0.500. The third-order valence-electron chi connectivity index (χ3n) is 4.21. The molecule has 1 aromatic rings. The lowest BCUT2D eigenvalue weighted by molar-refractivity contribution is -0.131. The van der Waals surface area contributed by atoms with Crippen molar-refractivity contribution in [1.29, 1.82) is 5.26 Å². The maximum atomic E-state index is 11.9. The van der Waals surface area contributed by atoms with Crippen LogP contribution in [0.2, 0.25) is 0 Å². The Morgan fingerprint density at radius 2 is 1.96 bits per heavy atom. The largest absolute Gasteiger partial charge is 0.493 e. The molecule has 1 saturated heterocycles. The summed E-state index contributed by atoms with van der Waals surface area (Å²) in [4.78, 5) is 25.3. The molecule has 0 radical (unpaired) electrons. The van der Waals surface area contributed by atoms with Crippen molar-refractivity contribution in [1.82, 2.24) is 10.2 Å². The summed E-state index contributed by atoms with van der Waals surface area (Å²) in [6.45, 7) is 1.77. The highest BCUT2D eigenvalue weighted by Gasteiger charge is 2.22. The van der Waals surface area contributed by atoms with Crippen molar-refractivity contribution < 1.29 is 19.1 Å². The van der Waals surface area contributed by atoms with Gasteiger partial charge in [-0.05, 0) is 30.9 Å². The van der Waals surface area contributed by atoms with Crippen molar-refractivity contribution in [2.75, 3.05) is 33.4 Å². The van der Waals surface area contributed by atoms with Crippen molar-refractivity contribution in [3.8, 4) is 17.6 Å². The van der Waals surface area contributed by atoms with Crippen LogP contribution in [0.15, 0.2) is 24.3 Å². The van der Waals surface area contributed by atoms with E-state index < -0.39 is 0 Å². The summed E-state index contributed by atoms with van der Waals surface area (Å²) in [7, 11) is 1.55. The normalized spacial score (nSPS) is 14.5. The van der Waals surface area contributed by atoms with Gasteiger partial charge < -0.3 is 19.7 Å². The number of nitrogens with zero attached hydrogens (tertiary/aromatic N) is 2. The van der Waals surface area contributed by atoms with Crippen LogP contribution < -0.4 is 14.8 Å². The second-order valence-electron chi connectivity index (χ2n) is 5.90. The van der Waals surface area contributed by atoms with Gasteiger partial charge in [0, 0.05) is 19.6 Å². The second-order valence-corrected chi connectivity index (χ2v) is 5.90. The van der Waals surface area contributed by atoms with E-state index in [0.717, 1.165) is 12.8 Å². The topological polar surface area (TPSA) is 91.7 Å². The molecule has 25 heavy (non-hydrogen) atoms. The summed E-state index contributed by atoms with van der Waals surface area (Å²) in [5, 5.41) is 11.4. The minimum Gasteiger partial charge on any atom is -0.493 e. The summed E-state index contributed by atoms with van der Waals surface area (Å²) in [5.41, 5.74) is 0. The van der Waals surface area contributed by atoms with Crippen LogP contribution in [0.4, 0.5) is 0 Å². The van der Waals surface area contributed by atoms with Crippen LogP contribution in [0.1, 0.15) is 19.3 Å². The molecule has 134 valence electrons. The molecule has 1 heterocycles. The molecule has 0 unspecified atom stereocenters. The Morgan fingerprint density at radius 3 is 2.60 bits per heavy atom. The van der Waals surface area contributed by atoms with Crippen LogP contribution in [0, 0.1) is 17.2 Å². The molecule has 1 aliphatic heterocycles. The molecule has 1 aromatic carbocycles. The van der Waals surface area contributed by atoms with Crippen molar-refractivity contribution >= 4 is 11.8 Å². The molecule has 1 aliphatic rings. The number of hydrogen-bond donors (Lipinski definition) is 1. The summed E-state index contributed by atoms with van der Waals surface area (Å²) < 4.78 is 10.7. The minimum atomic E-state index is -0.186. The standard InChI is InChI=1S/C18H23N3O4/c1-24-15-4-2-3-5-16(15)25-13-17(22)20-12-14-7-10-21(11-8-14)18(23)6-9-19/h2-5,14H,6-8,10-13H2,1H3,(H,20,22). The molecule has 7 heteroatoms. The summed E-state index contributed by atoms with van der Waals surface area (Å²) in [5.74, 6) is 1.15. The first-order chi connectivity index (χ1) is 12.1. The summed E-state index contributed by atoms with van der Waals surface area (Å²) in [6, 6.07) is 9.05. The number of nitriles is 1. The van der Waals surface area contributed by atoms with Crippen molar-refractivity contribution in [3.05, 3.63) is 24.3 Å². The van der Waals surface area contributed by atoms with E-state index in [1.54, 1.807) is 24.1 Å². The van der Waals surface area contributed by atoms with E-state index in [-0.39, 0.29) is 24.8 Å². The van der Waals surface area contributed by atoms with E-state index in [1.165, 1.54) is 0 Å². The monoisotopic (exact) mass is 345 g/mol. The molecule has 2 amide bonds. The van der Waals surface area contributed by atoms with Gasteiger partial charge in [0.05, 0.1) is 13.2 Å². The molecule has 1 fully saturated rings. The number of ether oxygens (including phenoxy) is 2. The number of carbonyl (C=O) groups excluding carboxylic acids is 2. The quantitative estimate of drug-likeness (QED) is 0.805. The number of benzene rings is 1. The number of amides is 2. The molecule has 0 saturated carbocycles. The highest BCUT2D eigenvalue weighted by atomic mass is 16.5. The SMILES string of the molecule is COc1ccccc1OCC(=O)NCC1CCN(C(=O)CC#N)CC1. The molecular weight excluding hydrogens is 322 g/mol. The lowest BCUT2D eigenvalue weighted by atomic mass is 9.96. The number of likely N-dealkylation sites (tertiary alicyclic amines) is 1. The highest BCUT2D eigenvalue weighted by molar-refractivity contribution is 5.78. The van der Waals surface area contributed by atoms with E-state index >= 15 is 0 Å². The van der Waals surface area contributed by atoms with Gasteiger partial charge in [0.25, 0.3) is 5.91 Å². The highest BCUT2D eigenvalue weighted by Crippen LogP contribution is 2.25. The molecule has 0 bridgehead atoms. The zero-order valence-corrected chi connectivity index (χ0v) is 14.4. The predicted molar refractivity (Wildman–Crippen MR) is 91.0 cm³/mol. The molecular formula is C18H23N3O4. The maximum absolute atomic E-state index is 11.9. The number of piperidine rings is 1. The van der Waals surface area contributed by atoms with E-state index in [4.69, 9.17) is 14.7 Å². The van der Waals surface area contributed by atoms with Crippen LogP contribution in [-0.4, -0.2) is 50.1 Å².